The minimum atomic E-state index is -2.67. The van der Waals surface area contributed by atoms with E-state index in [1.54, 1.807) is 26.2 Å². The first-order chi connectivity index (χ1) is 18.8. The zero-order chi connectivity index (χ0) is 29.3. The van der Waals surface area contributed by atoms with Crippen molar-refractivity contribution in [2.75, 3.05) is 14.1 Å². The van der Waals surface area contributed by atoms with Crippen molar-refractivity contribution in [3.05, 3.63) is 63.8 Å². The van der Waals surface area contributed by atoms with Crippen molar-refractivity contribution in [2.45, 2.75) is 50.9 Å². The Morgan fingerprint density at radius 1 is 1.18 bits per heavy atom. The van der Waals surface area contributed by atoms with E-state index in [0.29, 0.717) is 29.2 Å². The number of fused-ring (bicyclic) bond motifs is 3. The molecule has 1 aromatic heterocycles. The number of allylic oxidation sites excluding steroid dienone is 1. The summed E-state index contributed by atoms with van der Waals surface area (Å²) in [5, 5.41) is 48.0. The standard InChI is InChI=1S/C29H33N3O8/c1-12(2)31-11-14-5-8-19(40-14)15-6-7-18(33)21-16(15)9-13-10-17-23(32(3)4)25(35)22(28(30)38)27(37)29(17,39)26(36)20(13)24(21)34/h5-8,12-13,17,23,31,33,35-36,39H,9-11H2,1-4H3,(H2,30,38)/t13-,17-,23?,29-/m0/s1. The van der Waals surface area contributed by atoms with Crippen LogP contribution in [0.1, 0.15) is 41.9 Å². The summed E-state index contributed by atoms with van der Waals surface area (Å²) >= 11 is 0. The minimum Gasteiger partial charge on any atom is -0.510 e. The first-order valence-corrected chi connectivity index (χ1v) is 13.1. The first kappa shape index (κ1) is 27.6. The normalized spacial score (nSPS) is 26.3. The summed E-state index contributed by atoms with van der Waals surface area (Å²) in [6, 6.07) is 5.84. The van der Waals surface area contributed by atoms with Crippen molar-refractivity contribution in [3.8, 4) is 17.1 Å². The highest BCUT2D eigenvalue weighted by Gasteiger charge is 2.63. The molecule has 0 radical (unpaired) electrons. The van der Waals surface area contributed by atoms with Gasteiger partial charge in [-0.05, 0) is 62.7 Å². The number of hydrogen-bond acceptors (Lipinski definition) is 10. The third kappa shape index (κ3) is 3.95. The number of primary amides is 1. The maximum Gasteiger partial charge on any atom is 0.255 e. The summed E-state index contributed by atoms with van der Waals surface area (Å²) in [7, 11) is 3.18. The van der Waals surface area contributed by atoms with Crippen LogP contribution in [-0.2, 0) is 22.6 Å². The number of nitrogens with zero attached hydrogens (tertiary/aromatic N) is 1. The molecule has 40 heavy (non-hydrogen) atoms. The summed E-state index contributed by atoms with van der Waals surface area (Å²) in [6.45, 7) is 4.54. The Hall–Kier alpha value is -3.93. The molecule has 7 N–H and O–H groups in total. The second-order valence-corrected chi connectivity index (χ2v) is 11.3. The van der Waals surface area contributed by atoms with Crippen LogP contribution < -0.4 is 11.1 Å². The number of phenolic OH excluding ortho intramolecular Hbond substituents is 1. The Morgan fingerprint density at radius 2 is 1.88 bits per heavy atom. The number of aliphatic hydroxyl groups excluding tert-OH is 2. The SMILES string of the molecule is CC(C)NCc1ccc(-c2ccc(O)c3c2C[C@H]2C[C@H]4C(N(C)C)C(O)=C(C(N)=O)C(=O)[C@@]4(O)C(O)=C2C3=O)o1. The Kier molecular flexibility index (Phi) is 6.64. The van der Waals surface area contributed by atoms with Crippen LogP contribution in [0.3, 0.4) is 0 Å². The van der Waals surface area contributed by atoms with Crippen LogP contribution >= 0.6 is 0 Å². The van der Waals surface area contributed by atoms with Crippen LogP contribution in [0.5, 0.6) is 5.75 Å². The number of Topliss-reactive ketones (excluding diaryl/α,β-unsaturated/α-hetero) is 2. The molecule has 1 amide bonds. The van der Waals surface area contributed by atoms with Crippen molar-refractivity contribution >= 4 is 17.5 Å². The molecule has 0 saturated carbocycles. The number of carbonyl (C=O) groups is 3. The summed E-state index contributed by atoms with van der Waals surface area (Å²) in [4.78, 5) is 40.9. The van der Waals surface area contributed by atoms with Crippen molar-refractivity contribution in [1.82, 2.24) is 10.2 Å². The number of rotatable bonds is 6. The van der Waals surface area contributed by atoms with Gasteiger partial charge >= 0.3 is 0 Å². The van der Waals surface area contributed by atoms with E-state index in [9.17, 15) is 34.8 Å². The summed E-state index contributed by atoms with van der Waals surface area (Å²) in [5.74, 6) is -5.64. The number of amides is 1. The molecule has 0 spiro atoms. The number of carbonyl (C=O) groups excluding carboxylic acids is 3. The number of aliphatic hydroxyl groups is 3. The molecule has 11 nitrogen and oxygen atoms in total. The molecule has 5 rings (SSSR count). The average molecular weight is 552 g/mol. The zero-order valence-electron chi connectivity index (χ0n) is 22.7. The van der Waals surface area contributed by atoms with Crippen molar-refractivity contribution in [1.29, 1.82) is 0 Å². The van der Waals surface area contributed by atoms with Crippen molar-refractivity contribution in [3.63, 3.8) is 0 Å². The molecule has 212 valence electrons. The smallest absolute Gasteiger partial charge is 0.255 e. The molecule has 0 aliphatic heterocycles. The van der Waals surface area contributed by atoms with Gasteiger partial charge in [0.15, 0.2) is 11.4 Å². The molecule has 2 aromatic rings. The highest BCUT2D eigenvalue weighted by molar-refractivity contribution is 6.24. The van der Waals surface area contributed by atoms with Crippen LogP contribution in [0.15, 0.2) is 51.3 Å². The fourth-order valence-electron chi connectivity index (χ4n) is 6.40. The molecule has 1 heterocycles. The summed E-state index contributed by atoms with van der Waals surface area (Å²) < 4.78 is 6.04. The van der Waals surface area contributed by atoms with E-state index in [1.807, 2.05) is 19.9 Å². The summed E-state index contributed by atoms with van der Waals surface area (Å²) in [5.41, 5.74) is 2.71. The number of hydrogen-bond donors (Lipinski definition) is 6. The van der Waals surface area contributed by atoms with Gasteiger partial charge in [-0.3, -0.25) is 19.3 Å². The average Bonchev–Trinajstić information content (AvgIpc) is 3.33. The predicted molar refractivity (Wildman–Crippen MR) is 143 cm³/mol. The number of phenols is 1. The molecule has 0 bridgehead atoms. The maximum atomic E-state index is 13.9. The van der Waals surface area contributed by atoms with Gasteiger partial charge in [-0.2, -0.15) is 0 Å². The number of aromatic hydroxyl groups is 1. The fourth-order valence-corrected chi connectivity index (χ4v) is 6.40. The van der Waals surface area contributed by atoms with Gasteiger partial charge in [-0.15, -0.1) is 0 Å². The highest BCUT2D eigenvalue weighted by atomic mass is 16.4. The van der Waals surface area contributed by atoms with Crippen LogP contribution in [0.25, 0.3) is 11.3 Å². The molecule has 1 unspecified atom stereocenters. The Labute approximate surface area is 230 Å². The Balaban J connectivity index is 1.64. The largest absolute Gasteiger partial charge is 0.510 e. The maximum absolute atomic E-state index is 13.9. The van der Waals surface area contributed by atoms with E-state index in [1.165, 1.54) is 11.0 Å². The quantitative estimate of drug-likeness (QED) is 0.289. The van der Waals surface area contributed by atoms with E-state index in [0.717, 1.165) is 0 Å². The second kappa shape index (κ2) is 9.61. The third-order valence-electron chi connectivity index (χ3n) is 8.22. The lowest BCUT2D eigenvalue weighted by molar-refractivity contribution is -0.148. The van der Waals surface area contributed by atoms with Crippen LogP contribution in [0.2, 0.25) is 0 Å². The number of nitrogens with one attached hydrogen (secondary N) is 1. The number of likely N-dealkylation sites (N-methyl/N-ethyl adjacent to an activating group) is 1. The number of nitrogens with two attached hydrogens (primary N) is 1. The predicted octanol–water partition coefficient (Wildman–Crippen LogP) is 1.88. The van der Waals surface area contributed by atoms with Gasteiger partial charge in [0, 0.05) is 23.1 Å². The fraction of sp³-hybridized carbons (Fsp3) is 0.414. The topological polar surface area (TPSA) is 187 Å². The molecule has 0 saturated heterocycles. The number of ketones is 2. The number of benzene rings is 1. The Morgan fingerprint density at radius 3 is 2.50 bits per heavy atom. The molecule has 11 heteroatoms. The van der Waals surface area contributed by atoms with Gasteiger partial charge < -0.3 is 35.9 Å². The monoisotopic (exact) mass is 551 g/mol. The molecule has 3 aliphatic carbocycles. The van der Waals surface area contributed by atoms with Gasteiger partial charge in [0.25, 0.3) is 5.91 Å². The van der Waals surface area contributed by atoms with E-state index < -0.39 is 58.0 Å². The second-order valence-electron chi connectivity index (χ2n) is 11.3. The zero-order valence-corrected chi connectivity index (χ0v) is 22.7. The molecule has 0 fully saturated rings. The first-order valence-electron chi connectivity index (χ1n) is 13.1. The van der Waals surface area contributed by atoms with E-state index in [4.69, 9.17) is 10.2 Å². The van der Waals surface area contributed by atoms with Crippen molar-refractivity contribution in [2.24, 2.45) is 17.6 Å². The van der Waals surface area contributed by atoms with Gasteiger partial charge in [0.05, 0.1) is 18.2 Å². The van der Waals surface area contributed by atoms with E-state index in [-0.39, 0.29) is 35.8 Å². The van der Waals surface area contributed by atoms with Crippen LogP contribution in [-0.4, -0.2) is 74.6 Å². The van der Waals surface area contributed by atoms with Gasteiger partial charge in [0.2, 0.25) is 5.78 Å². The lowest BCUT2D eigenvalue weighted by atomic mass is 9.58. The number of furan rings is 1. The lowest BCUT2D eigenvalue weighted by Gasteiger charge is -2.50. The van der Waals surface area contributed by atoms with Crippen molar-refractivity contribution < 1.29 is 39.2 Å². The van der Waals surface area contributed by atoms with Gasteiger partial charge in [-0.25, -0.2) is 0 Å². The molecule has 1 aromatic carbocycles. The van der Waals surface area contributed by atoms with E-state index in [2.05, 4.69) is 5.32 Å². The minimum absolute atomic E-state index is 0.0164. The van der Waals surface area contributed by atoms with Crippen LogP contribution in [0.4, 0.5) is 0 Å². The summed E-state index contributed by atoms with van der Waals surface area (Å²) in [6.07, 6.45) is 0.196. The molecular formula is C29H33N3O8. The molecule has 4 atom stereocenters. The Bertz CT molecular complexity index is 1500. The third-order valence-corrected chi connectivity index (χ3v) is 8.22. The lowest BCUT2D eigenvalue weighted by Crippen LogP contribution is -2.63. The molecule has 3 aliphatic rings. The van der Waals surface area contributed by atoms with Crippen LogP contribution in [0, 0.1) is 11.8 Å². The van der Waals surface area contributed by atoms with Gasteiger partial charge in [-0.1, -0.05) is 13.8 Å². The highest BCUT2D eigenvalue weighted by Crippen LogP contribution is 2.53. The molecular weight excluding hydrogens is 518 g/mol. The van der Waals surface area contributed by atoms with E-state index >= 15 is 0 Å². The van der Waals surface area contributed by atoms with Gasteiger partial charge in [0.1, 0.15) is 34.4 Å².